The van der Waals surface area contributed by atoms with Crippen molar-refractivity contribution < 1.29 is 28.7 Å². The van der Waals surface area contributed by atoms with Gasteiger partial charge in [-0.15, -0.1) is 0 Å². The molecule has 1 amide bonds. The van der Waals surface area contributed by atoms with Crippen LogP contribution >= 0.6 is 0 Å². The van der Waals surface area contributed by atoms with Crippen LogP contribution in [-0.2, 0) is 28.7 Å². The molecule has 0 N–H and O–H groups in total. The maximum Gasteiger partial charge on any atom is 0.330 e. The van der Waals surface area contributed by atoms with Crippen LogP contribution in [-0.4, -0.2) is 54.3 Å². The predicted molar refractivity (Wildman–Crippen MR) is 72.2 cm³/mol. The molecule has 0 aromatic carbocycles. The number of ketones is 1. The molecule has 1 saturated heterocycles. The average Bonchev–Trinajstić information content (AvgIpc) is 2.70. The highest BCUT2D eigenvalue weighted by atomic mass is 16.5. The molecule has 2 atom stereocenters. The largest absolute Gasteiger partial charge is 0.465 e. The summed E-state index contributed by atoms with van der Waals surface area (Å²) in [6.45, 7) is 5.54. The lowest BCUT2D eigenvalue weighted by Gasteiger charge is -2.24. The molecule has 0 radical (unpaired) electrons. The number of hydrogen-bond acceptors (Lipinski definition) is 6. The van der Waals surface area contributed by atoms with Crippen LogP contribution in [0.1, 0.15) is 33.6 Å². The molecule has 0 aromatic heterocycles. The van der Waals surface area contributed by atoms with Crippen molar-refractivity contribution in [2.24, 2.45) is 5.92 Å². The van der Waals surface area contributed by atoms with Gasteiger partial charge < -0.3 is 14.4 Å². The van der Waals surface area contributed by atoms with Crippen molar-refractivity contribution >= 4 is 23.6 Å². The zero-order valence-electron chi connectivity index (χ0n) is 12.6. The summed E-state index contributed by atoms with van der Waals surface area (Å²) < 4.78 is 9.71. The van der Waals surface area contributed by atoms with Crippen LogP contribution in [0.4, 0.5) is 0 Å². The first-order valence-electron chi connectivity index (χ1n) is 7.17. The maximum atomic E-state index is 12.1. The first-order chi connectivity index (χ1) is 9.99. The molecule has 1 fully saturated rings. The lowest BCUT2D eigenvalue weighted by Crippen LogP contribution is -2.45. The van der Waals surface area contributed by atoms with Gasteiger partial charge in [-0.25, -0.2) is 4.79 Å². The third kappa shape index (κ3) is 3.59. The molecule has 1 rings (SSSR count). The number of Topliss-reactive ketones (excluding diaryl/α,β-unsaturated/α-hetero) is 1. The topological polar surface area (TPSA) is 90.0 Å². The summed E-state index contributed by atoms with van der Waals surface area (Å²) in [5.74, 6) is -4.74. The number of carbonyl (C=O) groups is 4. The second kappa shape index (κ2) is 7.75. The Balaban J connectivity index is 3.07. The number of amides is 1. The molecule has 0 spiro atoms. The number of hydrogen-bond donors (Lipinski definition) is 0. The van der Waals surface area contributed by atoms with Gasteiger partial charge in [0.25, 0.3) is 5.91 Å². The van der Waals surface area contributed by atoms with Crippen molar-refractivity contribution in [1.29, 1.82) is 0 Å². The summed E-state index contributed by atoms with van der Waals surface area (Å²) in [4.78, 5) is 49.1. The van der Waals surface area contributed by atoms with Crippen LogP contribution < -0.4 is 0 Å². The minimum atomic E-state index is -1.42. The van der Waals surface area contributed by atoms with E-state index in [9.17, 15) is 19.2 Å². The first-order valence-corrected chi connectivity index (χ1v) is 7.17. The highest BCUT2D eigenvalue weighted by Gasteiger charge is 2.55. The van der Waals surface area contributed by atoms with E-state index in [4.69, 9.17) is 9.47 Å². The molecule has 2 unspecified atom stereocenters. The van der Waals surface area contributed by atoms with Crippen molar-refractivity contribution in [3.05, 3.63) is 0 Å². The van der Waals surface area contributed by atoms with Gasteiger partial charge >= 0.3 is 11.9 Å². The Morgan fingerprint density at radius 2 is 1.62 bits per heavy atom. The minimum Gasteiger partial charge on any atom is -0.465 e. The van der Waals surface area contributed by atoms with E-state index in [1.165, 1.54) is 0 Å². The Morgan fingerprint density at radius 3 is 2.14 bits per heavy atom. The van der Waals surface area contributed by atoms with E-state index in [1.54, 1.807) is 13.8 Å². The molecule has 0 aliphatic carbocycles. The van der Waals surface area contributed by atoms with E-state index in [-0.39, 0.29) is 19.8 Å². The Hall–Kier alpha value is -1.92. The lowest BCUT2D eigenvalue weighted by atomic mass is 9.99. The molecular formula is C14H21NO6. The predicted octanol–water partition coefficient (Wildman–Crippen LogP) is 0.309. The fourth-order valence-corrected chi connectivity index (χ4v) is 2.25. The summed E-state index contributed by atoms with van der Waals surface area (Å²) in [5, 5.41) is 0. The van der Waals surface area contributed by atoms with Crippen molar-refractivity contribution in [2.45, 2.75) is 39.7 Å². The van der Waals surface area contributed by atoms with Crippen LogP contribution in [0.15, 0.2) is 0 Å². The zero-order valence-corrected chi connectivity index (χ0v) is 12.6. The number of esters is 2. The normalized spacial score (nSPS) is 21.6. The molecule has 0 bridgehead atoms. The van der Waals surface area contributed by atoms with Gasteiger partial charge in [-0.3, -0.25) is 14.4 Å². The summed E-state index contributed by atoms with van der Waals surface area (Å²) in [5.41, 5.74) is 0. The second-order valence-corrected chi connectivity index (χ2v) is 4.64. The summed E-state index contributed by atoms with van der Waals surface area (Å²) in [6.07, 6.45) is 1.42. The number of nitrogens with zero attached hydrogens (tertiary/aromatic N) is 1. The van der Waals surface area contributed by atoms with E-state index < -0.39 is 35.6 Å². The fourth-order valence-electron chi connectivity index (χ4n) is 2.25. The SMILES string of the molecule is CCCCN1C(=O)C(=O)C(C(=O)OCC)C1C(=O)OCC. The van der Waals surface area contributed by atoms with Crippen molar-refractivity contribution in [1.82, 2.24) is 4.90 Å². The average molecular weight is 299 g/mol. The molecule has 118 valence electrons. The molecular weight excluding hydrogens is 278 g/mol. The van der Waals surface area contributed by atoms with E-state index in [0.29, 0.717) is 6.42 Å². The van der Waals surface area contributed by atoms with Gasteiger partial charge in [0.05, 0.1) is 13.2 Å². The Bertz CT molecular complexity index is 433. The van der Waals surface area contributed by atoms with Gasteiger partial charge in [0.2, 0.25) is 5.78 Å². The Morgan fingerprint density at radius 1 is 1.05 bits per heavy atom. The van der Waals surface area contributed by atoms with Crippen molar-refractivity contribution in [3.63, 3.8) is 0 Å². The fraction of sp³-hybridized carbons (Fsp3) is 0.714. The lowest BCUT2D eigenvalue weighted by molar-refractivity contribution is -0.160. The smallest absolute Gasteiger partial charge is 0.330 e. The molecule has 7 heteroatoms. The highest BCUT2D eigenvalue weighted by Crippen LogP contribution is 2.26. The molecule has 0 aromatic rings. The molecule has 1 aliphatic rings. The van der Waals surface area contributed by atoms with Crippen LogP contribution in [0, 0.1) is 5.92 Å². The van der Waals surface area contributed by atoms with Crippen LogP contribution in [0.25, 0.3) is 0 Å². The summed E-state index contributed by atoms with van der Waals surface area (Å²) in [7, 11) is 0. The minimum absolute atomic E-state index is 0.0707. The van der Waals surface area contributed by atoms with Crippen LogP contribution in [0.5, 0.6) is 0 Å². The van der Waals surface area contributed by atoms with Crippen LogP contribution in [0.3, 0.4) is 0 Å². The molecule has 7 nitrogen and oxygen atoms in total. The molecule has 21 heavy (non-hydrogen) atoms. The zero-order chi connectivity index (χ0) is 16.0. The van der Waals surface area contributed by atoms with Crippen LogP contribution in [0.2, 0.25) is 0 Å². The molecule has 1 heterocycles. The van der Waals surface area contributed by atoms with E-state index in [2.05, 4.69) is 0 Å². The Labute approximate surface area is 123 Å². The quantitative estimate of drug-likeness (QED) is 0.382. The third-order valence-electron chi connectivity index (χ3n) is 3.23. The second-order valence-electron chi connectivity index (χ2n) is 4.64. The number of likely N-dealkylation sites (tertiary alicyclic amines) is 1. The summed E-state index contributed by atoms with van der Waals surface area (Å²) in [6, 6.07) is -1.21. The van der Waals surface area contributed by atoms with Gasteiger partial charge in [0.15, 0.2) is 12.0 Å². The van der Waals surface area contributed by atoms with Gasteiger partial charge in [0.1, 0.15) is 0 Å². The Kier molecular flexibility index (Phi) is 6.33. The first kappa shape index (κ1) is 17.1. The van der Waals surface area contributed by atoms with Crippen molar-refractivity contribution in [3.8, 4) is 0 Å². The van der Waals surface area contributed by atoms with Gasteiger partial charge in [0, 0.05) is 6.54 Å². The van der Waals surface area contributed by atoms with E-state index in [0.717, 1.165) is 11.3 Å². The number of ether oxygens (including phenoxy) is 2. The van der Waals surface area contributed by atoms with E-state index >= 15 is 0 Å². The van der Waals surface area contributed by atoms with Gasteiger partial charge in [-0.05, 0) is 20.3 Å². The molecule has 0 saturated carbocycles. The van der Waals surface area contributed by atoms with Gasteiger partial charge in [-0.1, -0.05) is 13.3 Å². The number of rotatable bonds is 7. The summed E-state index contributed by atoms with van der Waals surface area (Å²) >= 11 is 0. The maximum absolute atomic E-state index is 12.1. The van der Waals surface area contributed by atoms with Crippen molar-refractivity contribution in [2.75, 3.05) is 19.8 Å². The highest BCUT2D eigenvalue weighted by molar-refractivity contribution is 6.43. The third-order valence-corrected chi connectivity index (χ3v) is 3.23. The number of carbonyl (C=O) groups excluding carboxylic acids is 4. The number of unbranched alkanes of at least 4 members (excludes halogenated alkanes) is 1. The van der Waals surface area contributed by atoms with Gasteiger partial charge in [-0.2, -0.15) is 0 Å². The van der Waals surface area contributed by atoms with E-state index in [1.807, 2.05) is 6.92 Å². The molecule has 1 aliphatic heterocycles. The monoisotopic (exact) mass is 299 g/mol. The standard InChI is InChI=1S/C14H21NO6/c1-4-7-8-15-10(14(19)21-6-3)9(11(16)12(15)17)13(18)20-5-2/h9-10H,4-8H2,1-3H3.